The number of fused-ring (bicyclic) bond motifs is 1. The average Bonchev–Trinajstić information content (AvgIpc) is 2.83. The van der Waals surface area contributed by atoms with Crippen molar-refractivity contribution in [2.45, 2.75) is 25.9 Å². The lowest BCUT2D eigenvalue weighted by Gasteiger charge is -2.08. The Balaban J connectivity index is 1.72. The van der Waals surface area contributed by atoms with Crippen LogP contribution in [0.15, 0.2) is 28.2 Å². The van der Waals surface area contributed by atoms with Crippen molar-refractivity contribution in [3.63, 3.8) is 0 Å². The fraction of sp³-hybridized carbons (Fsp3) is 0.235. The molecule has 3 aromatic rings. The number of hydrogen-bond donors (Lipinski definition) is 2. The van der Waals surface area contributed by atoms with Crippen molar-refractivity contribution in [3.05, 3.63) is 48.1 Å². The highest BCUT2D eigenvalue weighted by molar-refractivity contribution is 14.1. The van der Waals surface area contributed by atoms with Crippen molar-refractivity contribution in [2.24, 2.45) is 0 Å². The molecule has 1 aromatic carbocycles. The van der Waals surface area contributed by atoms with Crippen LogP contribution < -0.4 is 10.9 Å². The zero-order valence-electron chi connectivity index (χ0n) is 13.9. The average molecular weight is 485 g/mol. The Bertz CT molecular complexity index is 1030. The standard InChI is InChI=1S/C17H16IN3O2S2/c1-8-6-11(18)4-5-12(8)19-13(22)7-24-17-20-15(23)14-9(2)10(3)25-16(14)21-17/h4-6H,7H2,1-3H3,(H,19,22)(H,20,21,23). The zero-order valence-corrected chi connectivity index (χ0v) is 17.7. The Morgan fingerprint density at radius 2 is 2.12 bits per heavy atom. The predicted octanol–water partition coefficient (Wildman–Crippen LogP) is 4.25. The van der Waals surface area contributed by atoms with E-state index < -0.39 is 0 Å². The Hall–Kier alpha value is -1.39. The number of thioether (sulfide) groups is 1. The van der Waals surface area contributed by atoms with Gasteiger partial charge in [0.2, 0.25) is 5.91 Å². The number of aromatic amines is 1. The van der Waals surface area contributed by atoms with Crippen LogP contribution in [0.4, 0.5) is 5.69 Å². The van der Waals surface area contributed by atoms with E-state index in [4.69, 9.17) is 0 Å². The second-order valence-electron chi connectivity index (χ2n) is 5.63. The molecule has 0 aliphatic heterocycles. The topological polar surface area (TPSA) is 74.8 Å². The minimum atomic E-state index is -0.150. The maximum atomic E-state index is 12.2. The van der Waals surface area contributed by atoms with Crippen LogP contribution in [0.3, 0.4) is 0 Å². The van der Waals surface area contributed by atoms with E-state index in [-0.39, 0.29) is 17.2 Å². The summed E-state index contributed by atoms with van der Waals surface area (Å²) < 4.78 is 1.12. The largest absolute Gasteiger partial charge is 0.325 e. The number of carbonyl (C=O) groups excluding carboxylic acids is 1. The summed E-state index contributed by atoms with van der Waals surface area (Å²) in [6, 6.07) is 5.85. The van der Waals surface area contributed by atoms with Gasteiger partial charge in [0.05, 0.1) is 11.1 Å². The molecule has 0 spiro atoms. The number of aryl methyl sites for hydroxylation is 3. The minimum Gasteiger partial charge on any atom is -0.325 e. The molecule has 1 amide bonds. The molecule has 0 saturated heterocycles. The van der Waals surface area contributed by atoms with Crippen LogP contribution in [0.25, 0.3) is 10.2 Å². The number of halogens is 1. The van der Waals surface area contributed by atoms with Crippen molar-refractivity contribution in [1.29, 1.82) is 0 Å². The summed E-state index contributed by atoms with van der Waals surface area (Å²) >= 11 is 4.96. The summed E-state index contributed by atoms with van der Waals surface area (Å²) in [5.74, 6) is 0.0547. The van der Waals surface area contributed by atoms with Crippen molar-refractivity contribution in [3.8, 4) is 0 Å². The number of rotatable bonds is 4. The summed E-state index contributed by atoms with van der Waals surface area (Å²) in [7, 11) is 0. The molecule has 25 heavy (non-hydrogen) atoms. The molecular formula is C17H16IN3O2S2. The first kappa shape index (κ1) is 18.4. The monoisotopic (exact) mass is 485 g/mol. The van der Waals surface area contributed by atoms with Gasteiger partial charge in [-0.05, 0) is 72.7 Å². The van der Waals surface area contributed by atoms with E-state index in [9.17, 15) is 9.59 Å². The van der Waals surface area contributed by atoms with Gasteiger partial charge in [0.1, 0.15) is 4.83 Å². The Morgan fingerprint density at radius 3 is 2.84 bits per heavy atom. The van der Waals surface area contributed by atoms with E-state index in [2.05, 4.69) is 37.9 Å². The van der Waals surface area contributed by atoms with Crippen molar-refractivity contribution in [1.82, 2.24) is 9.97 Å². The van der Waals surface area contributed by atoms with E-state index >= 15 is 0 Å². The van der Waals surface area contributed by atoms with Gasteiger partial charge in [0, 0.05) is 14.1 Å². The Kier molecular flexibility index (Phi) is 5.49. The predicted molar refractivity (Wildman–Crippen MR) is 113 cm³/mol. The number of anilines is 1. The second kappa shape index (κ2) is 7.46. The highest BCUT2D eigenvalue weighted by Crippen LogP contribution is 2.27. The number of nitrogens with one attached hydrogen (secondary N) is 2. The van der Waals surface area contributed by atoms with Crippen molar-refractivity contribution < 1.29 is 4.79 Å². The van der Waals surface area contributed by atoms with Gasteiger partial charge in [0.25, 0.3) is 5.56 Å². The fourth-order valence-electron chi connectivity index (χ4n) is 2.39. The number of amides is 1. The zero-order chi connectivity index (χ0) is 18.1. The van der Waals surface area contributed by atoms with Crippen LogP contribution in [0.5, 0.6) is 0 Å². The number of carbonyl (C=O) groups is 1. The lowest BCUT2D eigenvalue weighted by Crippen LogP contribution is -2.16. The first-order chi connectivity index (χ1) is 11.8. The van der Waals surface area contributed by atoms with Crippen LogP contribution >= 0.6 is 45.7 Å². The van der Waals surface area contributed by atoms with Crippen LogP contribution in [-0.4, -0.2) is 21.6 Å². The molecule has 8 heteroatoms. The van der Waals surface area contributed by atoms with Gasteiger partial charge in [-0.2, -0.15) is 0 Å². The lowest BCUT2D eigenvalue weighted by atomic mass is 10.2. The number of nitrogens with zero attached hydrogens (tertiary/aromatic N) is 1. The number of thiophene rings is 1. The van der Waals surface area contributed by atoms with Gasteiger partial charge < -0.3 is 10.3 Å². The highest BCUT2D eigenvalue weighted by atomic mass is 127. The van der Waals surface area contributed by atoms with E-state index in [0.717, 1.165) is 30.1 Å². The Labute approximate surface area is 166 Å². The fourth-order valence-corrected chi connectivity index (χ4v) is 4.79. The van der Waals surface area contributed by atoms with Gasteiger partial charge in [0.15, 0.2) is 5.16 Å². The van der Waals surface area contributed by atoms with E-state index in [1.165, 1.54) is 23.1 Å². The van der Waals surface area contributed by atoms with Crippen molar-refractivity contribution >= 4 is 67.5 Å². The summed E-state index contributed by atoms with van der Waals surface area (Å²) in [5.41, 5.74) is 2.63. The highest BCUT2D eigenvalue weighted by Gasteiger charge is 2.13. The summed E-state index contributed by atoms with van der Waals surface area (Å²) in [5, 5.41) is 4.00. The molecule has 0 aliphatic carbocycles. The van der Waals surface area contributed by atoms with Crippen molar-refractivity contribution in [2.75, 3.05) is 11.1 Å². The normalized spacial score (nSPS) is 11.0. The number of hydrogen-bond acceptors (Lipinski definition) is 5. The SMILES string of the molecule is Cc1cc(I)ccc1NC(=O)CSc1nc2sc(C)c(C)c2c(=O)[nH]1. The second-order valence-corrected chi connectivity index (χ2v) is 9.04. The van der Waals surface area contributed by atoms with E-state index in [0.29, 0.717) is 10.5 Å². The molecule has 0 unspecified atom stereocenters. The van der Waals surface area contributed by atoms with Crippen LogP contribution in [0.1, 0.15) is 16.0 Å². The quantitative estimate of drug-likeness (QED) is 0.329. The molecule has 2 aromatic heterocycles. The van der Waals surface area contributed by atoms with Crippen LogP contribution in [-0.2, 0) is 4.79 Å². The first-order valence-corrected chi connectivity index (χ1v) is 10.4. The van der Waals surface area contributed by atoms with Crippen LogP contribution in [0, 0.1) is 24.3 Å². The Morgan fingerprint density at radius 1 is 1.36 bits per heavy atom. The summed E-state index contributed by atoms with van der Waals surface area (Å²) in [6.07, 6.45) is 0. The van der Waals surface area contributed by atoms with Gasteiger partial charge in [-0.25, -0.2) is 4.98 Å². The third kappa shape index (κ3) is 4.06. The lowest BCUT2D eigenvalue weighted by molar-refractivity contribution is -0.113. The maximum Gasteiger partial charge on any atom is 0.260 e. The molecule has 3 rings (SSSR count). The van der Waals surface area contributed by atoms with E-state index in [1.807, 2.05) is 39.0 Å². The molecule has 130 valence electrons. The van der Waals surface area contributed by atoms with Gasteiger partial charge in [-0.1, -0.05) is 11.8 Å². The first-order valence-electron chi connectivity index (χ1n) is 7.54. The van der Waals surface area contributed by atoms with Gasteiger partial charge >= 0.3 is 0 Å². The number of H-pyrrole nitrogens is 1. The number of aromatic nitrogens is 2. The number of benzene rings is 1. The van der Waals surface area contributed by atoms with Crippen LogP contribution in [0.2, 0.25) is 0 Å². The molecule has 0 atom stereocenters. The molecule has 2 N–H and O–H groups in total. The van der Waals surface area contributed by atoms with Gasteiger partial charge in [-0.15, -0.1) is 11.3 Å². The molecular weight excluding hydrogens is 469 g/mol. The third-order valence-corrected chi connectivity index (χ3v) is 6.47. The molecule has 2 heterocycles. The van der Waals surface area contributed by atoms with E-state index in [1.54, 1.807) is 0 Å². The smallest absolute Gasteiger partial charge is 0.260 e. The summed E-state index contributed by atoms with van der Waals surface area (Å²) in [4.78, 5) is 33.5. The molecule has 0 aliphatic rings. The molecule has 0 fully saturated rings. The van der Waals surface area contributed by atoms with Gasteiger partial charge in [-0.3, -0.25) is 9.59 Å². The minimum absolute atomic E-state index is 0.129. The molecule has 5 nitrogen and oxygen atoms in total. The molecule has 0 radical (unpaired) electrons. The molecule has 0 bridgehead atoms. The molecule has 0 saturated carbocycles. The summed E-state index contributed by atoms with van der Waals surface area (Å²) in [6.45, 7) is 5.86. The maximum absolute atomic E-state index is 12.2. The third-order valence-electron chi connectivity index (χ3n) is 3.82.